The molecule has 0 saturated heterocycles. The molecule has 28 heavy (non-hydrogen) atoms. The van der Waals surface area contributed by atoms with Crippen LogP contribution in [-0.2, 0) is 11.2 Å². The summed E-state index contributed by atoms with van der Waals surface area (Å²) in [6, 6.07) is 9.40. The lowest BCUT2D eigenvalue weighted by Gasteiger charge is -2.12. The SMILES string of the molecule is COc1ccccc1OCCNC(=O)CCc1c(C)nc2cc(C)nn2c1C. The highest BCUT2D eigenvalue weighted by molar-refractivity contribution is 5.76. The molecule has 0 aliphatic rings. The summed E-state index contributed by atoms with van der Waals surface area (Å²) >= 11 is 0. The van der Waals surface area contributed by atoms with E-state index in [1.807, 2.05) is 55.6 Å². The summed E-state index contributed by atoms with van der Waals surface area (Å²) in [5, 5.41) is 7.37. The van der Waals surface area contributed by atoms with Gasteiger partial charge in [-0.3, -0.25) is 4.79 Å². The Morgan fingerprint density at radius 3 is 2.68 bits per heavy atom. The maximum absolute atomic E-state index is 12.2. The van der Waals surface area contributed by atoms with Crippen LogP contribution < -0.4 is 14.8 Å². The zero-order chi connectivity index (χ0) is 20.1. The molecule has 0 fully saturated rings. The number of nitrogens with zero attached hydrogens (tertiary/aromatic N) is 3. The zero-order valence-corrected chi connectivity index (χ0v) is 16.8. The van der Waals surface area contributed by atoms with Gasteiger partial charge in [0.2, 0.25) is 5.91 Å². The van der Waals surface area contributed by atoms with E-state index in [9.17, 15) is 4.79 Å². The van der Waals surface area contributed by atoms with E-state index in [2.05, 4.69) is 15.4 Å². The molecule has 3 rings (SSSR count). The number of nitrogens with one attached hydrogen (secondary N) is 1. The van der Waals surface area contributed by atoms with Crippen LogP contribution in [0.4, 0.5) is 0 Å². The van der Waals surface area contributed by atoms with Gasteiger partial charge in [-0.1, -0.05) is 12.1 Å². The number of methoxy groups -OCH3 is 1. The summed E-state index contributed by atoms with van der Waals surface area (Å²) in [5.41, 5.74) is 4.81. The minimum atomic E-state index is -0.0147. The van der Waals surface area contributed by atoms with E-state index >= 15 is 0 Å². The number of fused-ring (bicyclic) bond motifs is 1. The molecular weight excluding hydrogens is 356 g/mol. The van der Waals surface area contributed by atoms with Crippen molar-refractivity contribution in [3.05, 3.63) is 53.0 Å². The van der Waals surface area contributed by atoms with E-state index in [1.54, 1.807) is 7.11 Å². The highest BCUT2D eigenvalue weighted by atomic mass is 16.5. The molecule has 7 nitrogen and oxygen atoms in total. The van der Waals surface area contributed by atoms with E-state index in [-0.39, 0.29) is 5.91 Å². The number of hydrogen-bond acceptors (Lipinski definition) is 5. The average Bonchev–Trinajstić information content (AvgIpc) is 3.05. The molecule has 1 amide bonds. The maximum Gasteiger partial charge on any atom is 0.220 e. The predicted molar refractivity (Wildman–Crippen MR) is 107 cm³/mol. The van der Waals surface area contributed by atoms with E-state index in [4.69, 9.17) is 9.47 Å². The molecule has 2 heterocycles. The number of hydrogen-bond donors (Lipinski definition) is 1. The Bertz CT molecular complexity index is 981. The third-order valence-corrected chi connectivity index (χ3v) is 4.64. The van der Waals surface area contributed by atoms with Gasteiger partial charge >= 0.3 is 0 Å². The Hall–Kier alpha value is -3.09. The van der Waals surface area contributed by atoms with Crippen LogP contribution in [0.15, 0.2) is 30.3 Å². The summed E-state index contributed by atoms with van der Waals surface area (Å²) in [7, 11) is 1.60. The summed E-state index contributed by atoms with van der Waals surface area (Å²) in [6.07, 6.45) is 1.02. The smallest absolute Gasteiger partial charge is 0.220 e. The molecule has 0 spiro atoms. The molecule has 1 N–H and O–H groups in total. The Labute approximate surface area is 164 Å². The molecule has 0 aliphatic heterocycles. The standard InChI is InChI=1S/C21H26N4O3/c1-14-13-20-23-15(2)17(16(3)25(20)24-14)9-10-21(26)22-11-12-28-19-8-6-5-7-18(19)27-4/h5-8,13H,9-12H2,1-4H3,(H,22,26). The molecule has 0 saturated carbocycles. The Morgan fingerprint density at radius 2 is 1.93 bits per heavy atom. The molecule has 0 unspecified atom stereocenters. The fraction of sp³-hybridized carbons (Fsp3) is 0.381. The topological polar surface area (TPSA) is 77.8 Å². The molecule has 2 aromatic heterocycles. The van der Waals surface area contributed by atoms with Crippen LogP contribution in [0.2, 0.25) is 0 Å². The van der Waals surface area contributed by atoms with Crippen molar-refractivity contribution in [2.24, 2.45) is 0 Å². The van der Waals surface area contributed by atoms with E-state index in [0.29, 0.717) is 37.5 Å². The Balaban J connectivity index is 1.50. The van der Waals surface area contributed by atoms with E-state index < -0.39 is 0 Å². The van der Waals surface area contributed by atoms with E-state index in [0.717, 1.165) is 28.3 Å². The summed E-state index contributed by atoms with van der Waals surface area (Å²) in [4.78, 5) is 16.8. The number of benzene rings is 1. The average molecular weight is 382 g/mol. The second-order valence-electron chi connectivity index (χ2n) is 6.67. The summed E-state index contributed by atoms with van der Waals surface area (Å²) < 4.78 is 12.8. The van der Waals surface area contributed by atoms with Crippen LogP contribution in [0.1, 0.15) is 29.1 Å². The van der Waals surface area contributed by atoms with Crippen LogP contribution >= 0.6 is 0 Å². The van der Waals surface area contributed by atoms with Gasteiger partial charge in [-0.05, 0) is 44.9 Å². The second-order valence-corrected chi connectivity index (χ2v) is 6.67. The molecule has 148 valence electrons. The number of amides is 1. The first-order valence-electron chi connectivity index (χ1n) is 9.34. The zero-order valence-electron chi connectivity index (χ0n) is 16.8. The lowest BCUT2D eigenvalue weighted by Crippen LogP contribution is -2.28. The van der Waals surface area contributed by atoms with Gasteiger partial charge in [-0.15, -0.1) is 0 Å². The van der Waals surface area contributed by atoms with Crippen LogP contribution in [0.25, 0.3) is 5.65 Å². The van der Waals surface area contributed by atoms with Gasteiger partial charge < -0.3 is 14.8 Å². The predicted octanol–water partition coefficient (Wildman–Crippen LogP) is 2.79. The number of carbonyl (C=O) groups excluding carboxylic acids is 1. The van der Waals surface area contributed by atoms with Crippen molar-refractivity contribution >= 4 is 11.6 Å². The molecule has 1 aromatic carbocycles. The van der Waals surface area contributed by atoms with Crippen molar-refractivity contribution in [2.45, 2.75) is 33.6 Å². The molecular formula is C21H26N4O3. The van der Waals surface area contributed by atoms with Crippen LogP contribution in [-0.4, -0.2) is 40.8 Å². The lowest BCUT2D eigenvalue weighted by molar-refractivity contribution is -0.121. The van der Waals surface area contributed by atoms with Crippen molar-refractivity contribution in [3.63, 3.8) is 0 Å². The van der Waals surface area contributed by atoms with Gasteiger partial charge in [0, 0.05) is 23.9 Å². The first-order chi connectivity index (χ1) is 13.5. The first kappa shape index (κ1) is 19.7. The Morgan fingerprint density at radius 1 is 1.18 bits per heavy atom. The van der Waals surface area contributed by atoms with Gasteiger partial charge in [-0.25, -0.2) is 9.50 Å². The summed E-state index contributed by atoms with van der Waals surface area (Å²) in [5.74, 6) is 1.33. The molecule has 0 aliphatic carbocycles. The molecule has 3 aromatic rings. The second kappa shape index (κ2) is 8.73. The highest BCUT2D eigenvalue weighted by Gasteiger charge is 2.13. The molecule has 0 radical (unpaired) electrons. The largest absolute Gasteiger partial charge is 0.493 e. The van der Waals surface area contributed by atoms with Crippen LogP contribution in [0, 0.1) is 20.8 Å². The van der Waals surface area contributed by atoms with Crippen molar-refractivity contribution in [1.29, 1.82) is 0 Å². The fourth-order valence-electron chi connectivity index (χ4n) is 3.22. The van der Waals surface area contributed by atoms with Gasteiger partial charge in [0.25, 0.3) is 0 Å². The fourth-order valence-corrected chi connectivity index (χ4v) is 3.22. The summed E-state index contributed by atoms with van der Waals surface area (Å²) in [6.45, 7) is 6.75. The number of carbonyl (C=O) groups is 1. The van der Waals surface area contributed by atoms with Crippen molar-refractivity contribution in [2.75, 3.05) is 20.3 Å². The van der Waals surface area contributed by atoms with Gasteiger partial charge in [0.15, 0.2) is 17.1 Å². The van der Waals surface area contributed by atoms with Crippen molar-refractivity contribution in [1.82, 2.24) is 19.9 Å². The maximum atomic E-state index is 12.2. The van der Waals surface area contributed by atoms with E-state index in [1.165, 1.54) is 0 Å². The van der Waals surface area contributed by atoms with Crippen molar-refractivity contribution in [3.8, 4) is 11.5 Å². The minimum Gasteiger partial charge on any atom is -0.493 e. The number of ether oxygens (including phenoxy) is 2. The highest BCUT2D eigenvalue weighted by Crippen LogP contribution is 2.25. The van der Waals surface area contributed by atoms with Crippen molar-refractivity contribution < 1.29 is 14.3 Å². The molecule has 0 atom stereocenters. The number of aryl methyl sites for hydroxylation is 3. The number of aromatic nitrogens is 3. The number of para-hydroxylation sites is 2. The first-order valence-corrected chi connectivity index (χ1v) is 9.34. The normalized spacial score (nSPS) is 10.9. The minimum absolute atomic E-state index is 0.0147. The number of rotatable bonds is 8. The molecule has 7 heteroatoms. The third kappa shape index (κ3) is 4.42. The lowest BCUT2D eigenvalue weighted by atomic mass is 10.1. The van der Waals surface area contributed by atoms with Gasteiger partial charge in [0.05, 0.1) is 19.3 Å². The van der Waals surface area contributed by atoms with Crippen LogP contribution in [0.3, 0.4) is 0 Å². The Kier molecular flexibility index (Phi) is 6.13. The third-order valence-electron chi connectivity index (χ3n) is 4.64. The van der Waals surface area contributed by atoms with Gasteiger partial charge in [-0.2, -0.15) is 5.10 Å². The van der Waals surface area contributed by atoms with Gasteiger partial charge in [0.1, 0.15) is 6.61 Å². The molecule has 0 bridgehead atoms. The monoisotopic (exact) mass is 382 g/mol. The quantitative estimate of drug-likeness (QED) is 0.606. The van der Waals surface area contributed by atoms with Crippen LogP contribution in [0.5, 0.6) is 11.5 Å².